The van der Waals surface area contributed by atoms with Crippen molar-refractivity contribution in [3.05, 3.63) is 0 Å². The maximum Gasteiger partial charge on any atom is 0.378 e. The smallest absolute Gasteiger partial charge is 0.304 e. The molecule has 0 amide bonds. The topological polar surface area (TPSA) is 3.24 Å². The first-order chi connectivity index (χ1) is 10.5. The normalized spacial score (nSPS) is 15.0. The summed E-state index contributed by atoms with van der Waals surface area (Å²) in [6, 6.07) is -0.289. The summed E-state index contributed by atoms with van der Waals surface area (Å²) >= 11 is 0. The van der Waals surface area contributed by atoms with E-state index in [9.17, 15) is 35.1 Å². The van der Waals surface area contributed by atoms with Gasteiger partial charge in [0.2, 0.25) is 0 Å². The van der Waals surface area contributed by atoms with E-state index in [0.29, 0.717) is 0 Å². The Hall–Kier alpha value is -0.600. The average molecular weight is 371 g/mol. The molecule has 0 aromatic carbocycles. The van der Waals surface area contributed by atoms with Gasteiger partial charge in [0.05, 0.1) is 0 Å². The fourth-order valence-corrected chi connectivity index (χ4v) is 1.82. The Labute approximate surface area is 137 Å². The molecule has 0 saturated carbocycles. The fraction of sp³-hybridized carbons (Fsp3) is 1.00. The maximum absolute atomic E-state index is 13.7. The summed E-state index contributed by atoms with van der Waals surface area (Å²) in [6.45, 7) is 5.41. The van der Waals surface area contributed by atoms with Crippen molar-refractivity contribution in [3.63, 3.8) is 0 Å². The van der Waals surface area contributed by atoms with Gasteiger partial charge in [0, 0.05) is 25.4 Å². The number of halogens is 8. The zero-order chi connectivity index (χ0) is 19.6. The molecular weight excluding hydrogens is 346 g/mol. The van der Waals surface area contributed by atoms with E-state index in [0.717, 1.165) is 0 Å². The van der Waals surface area contributed by atoms with Crippen molar-refractivity contribution < 1.29 is 35.1 Å². The molecule has 0 N–H and O–H groups in total. The van der Waals surface area contributed by atoms with Gasteiger partial charge >= 0.3 is 23.7 Å². The molecule has 0 rings (SSSR count). The Kier molecular flexibility index (Phi) is 7.55. The van der Waals surface area contributed by atoms with Crippen molar-refractivity contribution in [2.75, 3.05) is 13.6 Å². The van der Waals surface area contributed by atoms with Crippen LogP contribution in [0.2, 0.25) is 0 Å². The Morgan fingerprint density at radius 2 is 1.08 bits per heavy atom. The van der Waals surface area contributed by atoms with Gasteiger partial charge in [-0.25, -0.2) is 0 Å². The second-order valence-electron chi connectivity index (χ2n) is 6.81. The lowest BCUT2D eigenvalue weighted by Crippen LogP contribution is -2.62. The highest BCUT2D eigenvalue weighted by atomic mass is 19.4. The Bertz CT molecular complexity index is 393. The molecule has 24 heavy (non-hydrogen) atoms. The Balaban J connectivity index is 5.34. The SMILES string of the molecule is CC(C)CCC(F)(F)C(F)(F)C(F)(F)C(F)(F)CCN(C)C(C)C. The number of alkyl halides is 8. The van der Waals surface area contributed by atoms with Gasteiger partial charge in [0.25, 0.3) is 0 Å². The van der Waals surface area contributed by atoms with Crippen molar-refractivity contribution in [3.8, 4) is 0 Å². The van der Waals surface area contributed by atoms with E-state index in [2.05, 4.69) is 0 Å². The molecule has 0 aromatic heterocycles. The highest BCUT2D eigenvalue weighted by molar-refractivity contribution is 5.03. The van der Waals surface area contributed by atoms with Crippen molar-refractivity contribution in [2.24, 2.45) is 5.92 Å². The molecule has 0 aliphatic carbocycles. The van der Waals surface area contributed by atoms with E-state index in [1.165, 1.54) is 25.8 Å². The maximum atomic E-state index is 13.7. The molecule has 0 atom stereocenters. The molecular formula is C15H25F8N. The van der Waals surface area contributed by atoms with Gasteiger partial charge in [-0.15, -0.1) is 0 Å². The van der Waals surface area contributed by atoms with Gasteiger partial charge < -0.3 is 4.90 Å². The second-order valence-corrected chi connectivity index (χ2v) is 6.81. The summed E-state index contributed by atoms with van der Waals surface area (Å²) in [5.74, 6) is -23.2. The van der Waals surface area contributed by atoms with Crippen LogP contribution in [0.15, 0.2) is 0 Å². The van der Waals surface area contributed by atoms with Crippen LogP contribution in [0.3, 0.4) is 0 Å². The minimum atomic E-state index is -6.15. The molecule has 0 heterocycles. The molecule has 0 spiro atoms. The van der Waals surface area contributed by atoms with E-state index in [4.69, 9.17) is 0 Å². The largest absolute Gasteiger partial charge is 0.378 e. The van der Waals surface area contributed by atoms with Crippen LogP contribution in [-0.4, -0.2) is 48.2 Å². The van der Waals surface area contributed by atoms with Gasteiger partial charge in [-0.05, 0) is 33.2 Å². The molecule has 0 unspecified atom stereocenters. The lowest BCUT2D eigenvalue weighted by Gasteiger charge is -2.37. The van der Waals surface area contributed by atoms with Crippen molar-refractivity contribution in [1.29, 1.82) is 0 Å². The van der Waals surface area contributed by atoms with E-state index >= 15 is 0 Å². The standard InChI is InChI=1S/C15H25F8N/c1-10(2)6-7-12(16,17)14(20,21)15(22,23)13(18,19)8-9-24(5)11(3)4/h10-11H,6-9H2,1-5H3. The molecule has 1 nitrogen and oxygen atoms in total. The molecule has 0 aliphatic rings. The van der Waals surface area contributed by atoms with Crippen LogP contribution in [-0.2, 0) is 0 Å². The molecule has 0 bridgehead atoms. The molecule has 0 fully saturated rings. The fourth-order valence-electron chi connectivity index (χ4n) is 1.82. The molecule has 146 valence electrons. The summed E-state index contributed by atoms with van der Waals surface area (Å²) in [5, 5.41) is 0. The van der Waals surface area contributed by atoms with E-state index < -0.39 is 55.4 Å². The lowest BCUT2D eigenvalue weighted by atomic mass is 9.92. The third-order valence-electron chi connectivity index (χ3n) is 4.01. The molecule has 0 aromatic rings. The quantitative estimate of drug-likeness (QED) is 0.446. The highest BCUT2D eigenvalue weighted by Crippen LogP contribution is 2.54. The molecule has 0 saturated heterocycles. The summed E-state index contributed by atoms with van der Waals surface area (Å²) in [4.78, 5) is 1.24. The van der Waals surface area contributed by atoms with Crippen LogP contribution in [0.4, 0.5) is 35.1 Å². The molecule has 0 radical (unpaired) electrons. The van der Waals surface area contributed by atoms with Gasteiger partial charge in [0.15, 0.2) is 0 Å². The third-order valence-corrected chi connectivity index (χ3v) is 4.01. The first kappa shape index (κ1) is 23.4. The lowest BCUT2D eigenvalue weighted by molar-refractivity contribution is -0.368. The summed E-state index contributed by atoms with van der Waals surface area (Å²) in [5.41, 5.74) is 0. The number of hydrogen-bond donors (Lipinski definition) is 0. The Morgan fingerprint density at radius 3 is 1.42 bits per heavy atom. The van der Waals surface area contributed by atoms with Crippen molar-refractivity contribution in [2.45, 2.75) is 76.7 Å². The van der Waals surface area contributed by atoms with Crippen LogP contribution >= 0.6 is 0 Å². The van der Waals surface area contributed by atoms with E-state index in [1.807, 2.05) is 0 Å². The highest BCUT2D eigenvalue weighted by Gasteiger charge is 2.79. The van der Waals surface area contributed by atoms with E-state index in [1.54, 1.807) is 13.8 Å². The average Bonchev–Trinajstić information content (AvgIpc) is 2.41. The number of rotatable bonds is 10. The minimum Gasteiger partial charge on any atom is -0.304 e. The van der Waals surface area contributed by atoms with Crippen LogP contribution < -0.4 is 0 Å². The van der Waals surface area contributed by atoms with Gasteiger partial charge in [-0.3, -0.25) is 0 Å². The predicted octanol–water partition coefficient (Wildman–Crippen LogP) is 5.69. The zero-order valence-corrected chi connectivity index (χ0v) is 14.5. The molecule has 0 aliphatic heterocycles. The Morgan fingerprint density at radius 1 is 0.708 bits per heavy atom. The number of hydrogen-bond acceptors (Lipinski definition) is 1. The monoisotopic (exact) mass is 371 g/mol. The van der Waals surface area contributed by atoms with Crippen molar-refractivity contribution in [1.82, 2.24) is 4.90 Å². The third kappa shape index (κ3) is 4.95. The van der Waals surface area contributed by atoms with Crippen LogP contribution in [0.5, 0.6) is 0 Å². The predicted molar refractivity (Wildman–Crippen MR) is 76.2 cm³/mol. The summed E-state index contributed by atoms with van der Waals surface area (Å²) < 4.78 is 109. The van der Waals surface area contributed by atoms with Crippen LogP contribution in [0.1, 0.15) is 47.0 Å². The van der Waals surface area contributed by atoms with E-state index in [-0.39, 0.29) is 6.04 Å². The van der Waals surface area contributed by atoms with Crippen LogP contribution in [0, 0.1) is 5.92 Å². The van der Waals surface area contributed by atoms with Crippen molar-refractivity contribution >= 4 is 0 Å². The van der Waals surface area contributed by atoms with Gasteiger partial charge in [-0.2, -0.15) is 35.1 Å². The first-order valence-electron chi connectivity index (χ1n) is 7.71. The number of nitrogens with zero attached hydrogens (tertiary/aromatic N) is 1. The summed E-state index contributed by atoms with van der Waals surface area (Å²) in [7, 11) is 1.34. The molecule has 9 heteroatoms. The van der Waals surface area contributed by atoms with Gasteiger partial charge in [-0.1, -0.05) is 13.8 Å². The first-order valence-corrected chi connectivity index (χ1v) is 7.71. The zero-order valence-electron chi connectivity index (χ0n) is 14.5. The van der Waals surface area contributed by atoms with Gasteiger partial charge in [0.1, 0.15) is 0 Å². The minimum absolute atomic E-state index is 0.289. The summed E-state index contributed by atoms with van der Waals surface area (Å²) in [6.07, 6.45) is -3.72. The van der Waals surface area contributed by atoms with Crippen LogP contribution in [0.25, 0.3) is 0 Å². The second kappa shape index (κ2) is 7.74.